The Hall–Kier alpha value is -2.41. The molecular formula is C15H13N4O2+. The SMILES string of the molecule is N#C[C@@]12C(N)=[NH+]C3(OCCO3)[C@]1(C#N)[C@H]2c1ccccc1. The number of fused-ring (bicyclic) bond motifs is 2. The highest BCUT2D eigenvalue weighted by Gasteiger charge is 2.97. The molecule has 4 rings (SSSR count). The average molecular weight is 281 g/mol. The van der Waals surface area contributed by atoms with Gasteiger partial charge >= 0.3 is 5.91 Å². The highest BCUT2D eigenvalue weighted by molar-refractivity contribution is 5.95. The molecule has 0 radical (unpaired) electrons. The van der Waals surface area contributed by atoms with Gasteiger partial charge in [-0.2, -0.15) is 10.5 Å². The van der Waals surface area contributed by atoms with Gasteiger partial charge < -0.3 is 9.47 Å². The maximum absolute atomic E-state index is 9.87. The van der Waals surface area contributed by atoms with Gasteiger partial charge in [-0.15, -0.1) is 0 Å². The molecule has 21 heavy (non-hydrogen) atoms. The minimum Gasteiger partial charge on any atom is -0.311 e. The third-order valence-electron chi connectivity index (χ3n) is 4.83. The van der Waals surface area contributed by atoms with Crippen LogP contribution in [0.5, 0.6) is 0 Å². The van der Waals surface area contributed by atoms with E-state index < -0.39 is 16.7 Å². The predicted molar refractivity (Wildman–Crippen MR) is 70.1 cm³/mol. The van der Waals surface area contributed by atoms with E-state index in [0.29, 0.717) is 13.2 Å². The van der Waals surface area contributed by atoms with Crippen LogP contribution in [0.2, 0.25) is 0 Å². The maximum Gasteiger partial charge on any atom is 0.343 e. The number of nitrogens with zero attached hydrogens (tertiary/aromatic N) is 2. The molecule has 0 amide bonds. The lowest BCUT2D eigenvalue weighted by molar-refractivity contribution is -0.676. The second-order valence-corrected chi connectivity index (χ2v) is 5.54. The number of nitrogens with one attached hydrogen (secondary N) is 1. The molecule has 0 unspecified atom stereocenters. The maximum atomic E-state index is 9.87. The molecule has 1 aromatic rings. The van der Waals surface area contributed by atoms with Crippen molar-refractivity contribution in [2.45, 2.75) is 11.8 Å². The van der Waals surface area contributed by atoms with Crippen LogP contribution in [0.3, 0.4) is 0 Å². The zero-order valence-corrected chi connectivity index (χ0v) is 11.2. The van der Waals surface area contributed by atoms with Crippen LogP contribution in [0.25, 0.3) is 0 Å². The monoisotopic (exact) mass is 281 g/mol. The van der Waals surface area contributed by atoms with Crippen LogP contribution in [-0.2, 0) is 9.47 Å². The van der Waals surface area contributed by atoms with Gasteiger partial charge in [-0.1, -0.05) is 30.3 Å². The van der Waals surface area contributed by atoms with Crippen molar-refractivity contribution < 1.29 is 14.5 Å². The largest absolute Gasteiger partial charge is 0.343 e. The molecule has 6 nitrogen and oxygen atoms in total. The average Bonchev–Trinajstić information content (AvgIpc) is 2.78. The van der Waals surface area contributed by atoms with E-state index in [1.807, 2.05) is 30.3 Å². The Morgan fingerprint density at radius 1 is 1.14 bits per heavy atom. The molecule has 1 aliphatic carbocycles. The number of hydrogen-bond donors (Lipinski definition) is 2. The smallest absolute Gasteiger partial charge is 0.311 e. The second kappa shape index (κ2) is 3.62. The van der Waals surface area contributed by atoms with Crippen molar-refractivity contribution in [3.63, 3.8) is 0 Å². The number of amidine groups is 1. The number of nitrogens with two attached hydrogens (primary N) is 1. The zero-order valence-electron chi connectivity index (χ0n) is 11.2. The molecule has 6 heteroatoms. The summed E-state index contributed by atoms with van der Waals surface area (Å²) in [6, 6.07) is 14.0. The summed E-state index contributed by atoms with van der Waals surface area (Å²) in [5, 5.41) is 19.6. The molecule has 0 bridgehead atoms. The lowest BCUT2D eigenvalue weighted by Crippen LogP contribution is -2.89. The molecule has 1 saturated heterocycles. The lowest BCUT2D eigenvalue weighted by Gasteiger charge is -2.23. The van der Waals surface area contributed by atoms with Gasteiger partial charge in [0.15, 0.2) is 10.8 Å². The molecule has 1 aromatic carbocycles. The summed E-state index contributed by atoms with van der Waals surface area (Å²) in [5.41, 5.74) is 4.70. The topological polar surface area (TPSA) is 106 Å². The highest BCUT2D eigenvalue weighted by Crippen LogP contribution is 2.78. The Balaban J connectivity index is 1.95. The zero-order chi connectivity index (χ0) is 14.7. The summed E-state index contributed by atoms with van der Waals surface area (Å²) < 4.78 is 11.4. The third kappa shape index (κ3) is 1.06. The van der Waals surface area contributed by atoms with Crippen LogP contribution < -0.4 is 10.7 Å². The minimum absolute atomic E-state index is 0.252. The summed E-state index contributed by atoms with van der Waals surface area (Å²) in [7, 11) is 0. The first-order valence-corrected chi connectivity index (χ1v) is 6.75. The van der Waals surface area contributed by atoms with Crippen molar-refractivity contribution in [3.05, 3.63) is 35.9 Å². The molecule has 1 saturated carbocycles. The molecule has 1 spiro atoms. The highest BCUT2D eigenvalue weighted by atomic mass is 16.8. The van der Waals surface area contributed by atoms with Crippen LogP contribution in [0.1, 0.15) is 11.5 Å². The molecule has 3 N–H and O–H groups in total. The van der Waals surface area contributed by atoms with E-state index in [4.69, 9.17) is 15.2 Å². The first-order chi connectivity index (χ1) is 10.2. The minimum atomic E-state index is -1.32. The normalized spacial score (nSPS) is 38.4. The summed E-state index contributed by atoms with van der Waals surface area (Å²) in [6.07, 6.45) is 0. The Bertz CT molecular complexity index is 726. The van der Waals surface area contributed by atoms with Crippen molar-refractivity contribution in [1.82, 2.24) is 0 Å². The van der Waals surface area contributed by atoms with Gasteiger partial charge in [-0.05, 0) is 5.56 Å². The van der Waals surface area contributed by atoms with Gasteiger partial charge in [-0.25, -0.2) is 4.99 Å². The van der Waals surface area contributed by atoms with Gasteiger partial charge in [0.05, 0.1) is 25.4 Å². The molecule has 2 aliphatic heterocycles. The number of nitriles is 2. The fourth-order valence-corrected chi connectivity index (χ4v) is 3.96. The van der Waals surface area contributed by atoms with E-state index in [2.05, 4.69) is 17.1 Å². The lowest BCUT2D eigenvalue weighted by atomic mass is 9.94. The third-order valence-corrected chi connectivity index (χ3v) is 4.83. The Morgan fingerprint density at radius 2 is 1.81 bits per heavy atom. The van der Waals surface area contributed by atoms with E-state index in [0.717, 1.165) is 5.56 Å². The van der Waals surface area contributed by atoms with Crippen LogP contribution >= 0.6 is 0 Å². The quantitative estimate of drug-likeness (QED) is 0.683. The van der Waals surface area contributed by atoms with Crippen molar-refractivity contribution in [1.29, 1.82) is 10.5 Å². The summed E-state index contributed by atoms with van der Waals surface area (Å²) >= 11 is 0. The van der Waals surface area contributed by atoms with Gasteiger partial charge in [0.1, 0.15) is 0 Å². The van der Waals surface area contributed by atoms with E-state index in [1.54, 1.807) is 0 Å². The van der Waals surface area contributed by atoms with E-state index >= 15 is 0 Å². The molecular weight excluding hydrogens is 268 g/mol. The standard InChI is InChI=1S/C15H12N4O2/c16-8-13-11(10-4-2-1-3-5-10)14(13,9-17)15(19-12(13)18)20-6-7-21-15/h1-5,11H,6-7H2,(H2,18,19)/p+1/t11-,13+,14+/m0/s1. The molecule has 3 aliphatic rings. The molecule has 104 valence electrons. The molecule has 3 atom stereocenters. The number of rotatable bonds is 1. The van der Waals surface area contributed by atoms with Crippen LogP contribution in [0, 0.1) is 33.5 Å². The fourth-order valence-electron chi connectivity index (χ4n) is 3.96. The van der Waals surface area contributed by atoms with Crippen LogP contribution in [-0.4, -0.2) is 25.0 Å². The van der Waals surface area contributed by atoms with Gasteiger partial charge in [0.25, 0.3) is 5.84 Å². The van der Waals surface area contributed by atoms with Crippen molar-refractivity contribution in [2.24, 2.45) is 16.6 Å². The molecule has 0 aromatic heterocycles. The first kappa shape index (κ1) is 12.3. The number of hydrogen-bond acceptors (Lipinski definition) is 5. The van der Waals surface area contributed by atoms with Gasteiger partial charge in [-0.3, -0.25) is 5.73 Å². The second-order valence-electron chi connectivity index (χ2n) is 5.54. The molecule has 2 heterocycles. The first-order valence-electron chi connectivity index (χ1n) is 6.75. The van der Waals surface area contributed by atoms with Gasteiger partial charge in [0, 0.05) is 5.92 Å². The summed E-state index contributed by atoms with van der Waals surface area (Å²) in [6.45, 7) is 0.736. The fraction of sp³-hybridized carbons (Fsp3) is 0.400. The Kier molecular flexibility index (Phi) is 2.12. The van der Waals surface area contributed by atoms with Crippen LogP contribution in [0.4, 0.5) is 0 Å². The van der Waals surface area contributed by atoms with E-state index in [1.165, 1.54) is 0 Å². The number of benzene rings is 1. The van der Waals surface area contributed by atoms with Crippen molar-refractivity contribution in [2.75, 3.05) is 13.2 Å². The van der Waals surface area contributed by atoms with Gasteiger partial charge in [0.2, 0.25) is 0 Å². The Morgan fingerprint density at radius 3 is 2.38 bits per heavy atom. The Labute approximate surface area is 121 Å². The number of ether oxygens (including phenoxy) is 2. The predicted octanol–water partition coefficient (Wildman–Crippen LogP) is -1.04. The summed E-state index contributed by atoms with van der Waals surface area (Å²) in [4.78, 5) is 2.92. The van der Waals surface area contributed by atoms with Crippen LogP contribution in [0.15, 0.2) is 30.3 Å². The summed E-state index contributed by atoms with van der Waals surface area (Å²) in [5.74, 6) is -1.43. The van der Waals surface area contributed by atoms with E-state index in [-0.39, 0.29) is 11.8 Å². The van der Waals surface area contributed by atoms with Crippen molar-refractivity contribution in [3.8, 4) is 12.1 Å². The van der Waals surface area contributed by atoms with Crippen molar-refractivity contribution >= 4 is 5.84 Å². The molecule has 2 fully saturated rings. The van der Waals surface area contributed by atoms with E-state index in [9.17, 15) is 10.5 Å².